The Morgan fingerprint density at radius 1 is 1.21 bits per heavy atom. The molecule has 1 N–H and O–H groups in total. The van der Waals surface area contributed by atoms with E-state index >= 15 is 0 Å². The number of morpholine rings is 1. The van der Waals surface area contributed by atoms with Gasteiger partial charge in [-0.25, -0.2) is 4.98 Å². The first-order valence-corrected chi connectivity index (χ1v) is 11.5. The predicted octanol–water partition coefficient (Wildman–Crippen LogP) is 2.06. The van der Waals surface area contributed by atoms with Crippen LogP contribution in [0.5, 0.6) is 0 Å². The van der Waals surface area contributed by atoms with Crippen molar-refractivity contribution in [2.24, 2.45) is 0 Å². The minimum Gasteiger partial charge on any atom is -0.378 e. The van der Waals surface area contributed by atoms with Crippen LogP contribution in [0.4, 0.5) is 5.82 Å². The lowest BCUT2D eigenvalue weighted by atomic mass is 9.89. The molecule has 1 amide bonds. The standard InChI is InChI=1S/C21H28N4O3S/c22-12-18-16-5-1-2-6-17(16)20(25-7-10-27-11-8-25)24-21(18)29-14-19(26)23-13-15-4-3-9-28-15/h15H,1-11,13-14H2,(H,23,26). The third-order valence-corrected chi connectivity index (χ3v) is 6.75. The van der Waals surface area contributed by atoms with Crippen LogP contribution >= 0.6 is 11.8 Å². The Kier molecular flexibility index (Phi) is 6.90. The van der Waals surface area contributed by atoms with E-state index in [1.807, 2.05) is 0 Å². The zero-order chi connectivity index (χ0) is 20.1. The molecule has 8 heteroatoms. The van der Waals surface area contributed by atoms with Gasteiger partial charge in [-0.1, -0.05) is 11.8 Å². The van der Waals surface area contributed by atoms with Crippen LogP contribution in [0.1, 0.15) is 42.4 Å². The Labute approximate surface area is 176 Å². The summed E-state index contributed by atoms with van der Waals surface area (Å²) in [6.45, 7) is 4.37. The molecule has 156 valence electrons. The molecule has 1 aromatic rings. The molecule has 29 heavy (non-hydrogen) atoms. The number of nitrogens with one attached hydrogen (secondary N) is 1. The van der Waals surface area contributed by atoms with Gasteiger partial charge in [0.2, 0.25) is 5.91 Å². The molecule has 0 spiro atoms. The second-order valence-electron chi connectivity index (χ2n) is 7.72. The lowest BCUT2D eigenvalue weighted by molar-refractivity contribution is -0.119. The van der Waals surface area contributed by atoms with Gasteiger partial charge in [-0.15, -0.1) is 0 Å². The van der Waals surface area contributed by atoms with Crippen molar-refractivity contribution in [3.63, 3.8) is 0 Å². The summed E-state index contributed by atoms with van der Waals surface area (Å²) in [7, 11) is 0. The summed E-state index contributed by atoms with van der Waals surface area (Å²) in [4.78, 5) is 19.5. The van der Waals surface area contributed by atoms with Crippen LogP contribution in [0.15, 0.2) is 5.03 Å². The first kappa shape index (κ1) is 20.5. The van der Waals surface area contributed by atoms with Crippen molar-refractivity contribution in [2.45, 2.75) is 49.7 Å². The molecule has 2 saturated heterocycles. The van der Waals surface area contributed by atoms with E-state index < -0.39 is 0 Å². The fraction of sp³-hybridized carbons (Fsp3) is 0.667. The summed E-state index contributed by atoms with van der Waals surface area (Å²) >= 11 is 1.37. The molecule has 1 atom stereocenters. The number of carbonyl (C=O) groups is 1. The lowest BCUT2D eigenvalue weighted by Gasteiger charge is -2.32. The van der Waals surface area contributed by atoms with Crippen LogP contribution in [0.3, 0.4) is 0 Å². The van der Waals surface area contributed by atoms with Crippen molar-refractivity contribution in [3.05, 3.63) is 16.7 Å². The number of nitrogens with zero attached hydrogens (tertiary/aromatic N) is 3. The summed E-state index contributed by atoms with van der Waals surface area (Å²) in [6.07, 6.45) is 6.31. The maximum absolute atomic E-state index is 12.3. The molecule has 0 radical (unpaired) electrons. The largest absolute Gasteiger partial charge is 0.378 e. The number of aromatic nitrogens is 1. The van der Waals surface area contributed by atoms with Gasteiger partial charge >= 0.3 is 0 Å². The Balaban J connectivity index is 1.50. The maximum atomic E-state index is 12.3. The Morgan fingerprint density at radius 2 is 2.00 bits per heavy atom. The van der Waals surface area contributed by atoms with Crippen molar-refractivity contribution >= 4 is 23.5 Å². The van der Waals surface area contributed by atoms with E-state index in [4.69, 9.17) is 14.5 Å². The Hall–Kier alpha value is -1.82. The number of rotatable bonds is 6. The van der Waals surface area contributed by atoms with Gasteiger partial charge in [-0.05, 0) is 49.7 Å². The molecule has 2 fully saturated rings. The van der Waals surface area contributed by atoms with E-state index in [1.165, 1.54) is 17.3 Å². The average molecular weight is 417 g/mol. The molecule has 4 rings (SSSR count). The van der Waals surface area contributed by atoms with E-state index in [2.05, 4.69) is 16.3 Å². The Morgan fingerprint density at radius 3 is 2.72 bits per heavy atom. The van der Waals surface area contributed by atoms with Gasteiger partial charge in [0.05, 0.1) is 30.6 Å². The van der Waals surface area contributed by atoms with Crippen LogP contribution in [0, 0.1) is 11.3 Å². The molecular formula is C21H28N4O3S. The molecule has 0 saturated carbocycles. The fourth-order valence-corrected chi connectivity index (χ4v) is 5.09. The van der Waals surface area contributed by atoms with Crippen molar-refractivity contribution in [1.82, 2.24) is 10.3 Å². The quantitative estimate of drug-likeness (QED) is 0.710. The number of pyridine rings is 1. The topological polar surface area (TPSA) is 87.5 Å². The third kappa shape index (κ3) is 4.85. The zero-order valence-electron chi connectivity index (χ0n) is 16.7. The molecule has 1 aliphatic carbocycles. The highest BCUT2D eigenvalue weighted by Crippen LogP contribution is 2.36. The molecule has 0 aromatic carbocycles. The second kappa shape index (κ2) is 9.79. The first-order chi connectivity index (χ1) is 14.3. The van der Waals surface area contributed by atoms with Crippen LogP contribution < -0.4 is 10.2 Å². The summed E-state index contributed by atoms with van der Waals surface area (Å²) in [5, 5.41) is 13.5. The monoisotopic (exact) mass is 416 g/mol. The molecule has 7 nitrogen and oxygen atoms in total. The second-order valence-corrected chi connectivity index (χ2v) is 8.68. The molecule has 0 bridgehead atoms. The minimum absolute atomic E-state index is 0.0400. The maximum Gasteiger partial charge on any atom is 0.230 e. The number of thioether (sulfide) groups is 1. The van der Waals surface area contributed by atoms with Crippen LogP contribution in [0.2, 0.25) is 0 Å². The average Bonchev–Trinajstić information content (AvgIpc) is 3.29. The normalized spacial score (nSPS) is 21.5. The summed E-state index contributed by atoms with van der Waals surface area (Å²) in [5.41, 5.74) is 3.02. The van der Waals surface area contributed by atoms with Gasteiger partial charge in [-0.2, -0.15) is 5.26 Å². The van der Waals surface area contributed by atoms with Crippen molar-refractivity contribution in [1.29, 1.82) is 5.26 Å². The molecule has 1 aromatic heterocycles. The molecule has 1 unspecified atom stereocenters. The van der Waals surface area contributed by atoms with Crippen molar-refractivity contribution in [3.8, 4) is 6.07 Å². The van der Waals surface area contributed by atoms with Gasteiger partial charge in [-0.3, -0.25) is 4.79 Å². The smallest absolute Gasteiger partial charge is 0.230 e. The first-order valence-electron chi connectivity index (χ1n) is 10.6. The molecule has 2 aliphatic heterocycles. The lowest BCUT2D eigenvalue weighted by Crippen LogP contribution is -2.38. The van der Waals surface area contributed by atoms with Gasteiger partial charge in [0.15, 0.2) is 0 Å². The zero-order valence-corrected chi connectivity index (χ0v) is 17.6. The predicted molar refractivity (Wildman–Crippen MR) is 111 cm³/mol. The fourth-order valence-electron chi connectivity index (χ4n) is 4.25. The van der Waals surface area contributed by atoms with Crippen LogP contribution in [0.25, 0.3) is 0 Å². The number of hydrogen-bond acceptors (Lipinski definition) is 7. The number of hydrogen-bond donors (Lipinski definition) is 1. The van der Waals surface area contributed by atoms with E-state index in [-0.39, 0.29) is 17.8 Å². The molecule has 3 heterocycles. The number of carbonyl (C=O) groups excluding carboxylic acids is 1. The summed E-state index contributed by atoms with van der Waals surface area (Å²) in [6, 6.07) is 2.38. The van der Waals surface area contributed by atoms with Gasteiger partial charge in [0.1, 0.15) is 16.9 Å². The van der Waals surface area contributed by atoms with Crippen molar-refractivity contribution in [2.75, 3.05) is 50.1 Å². The highest BCUT2D eigenvalue weighted by molar-refractivity contribution is 8.00. The number of nitriles is 1. The summed E-state index contributed by atoms with van der Waals surface area (Å²) < 4.78 is 11.1. The third-order valence-electron chi connectivity index (χ3n) is 5.77. The van der Waals surface area contributed by atoms with Crippen LogP contribution in [-0.4, -0.2) is 62.2 Å². The highest BCUT2D eigenvalue weighted by Gasteiger charge is 2.26. The Bertz CT molecular complexity index is 783. The number of ether oxygens (including phenoxy) is 2. The van der Waals surface area contributed by atoms with E-state index in [0.717, 1.165) is 69.6 Å². The SMILES string of the molecule is N#Cc1c(SCC(=O)NCC2CCCO2)nc(N2CCOCC2)c2c1CCCC2. The number of fused-ring (bicyclic) bond motifs is 1. The number of anilines is 1. The molecule has 3 aliphatic rings. The van der Waals surface area contributed by atoms with Crippen molar-refractivity contribution < 1.29 is 14.3 Å². The van der Waals surface area contributed by atoms with E-state index in [0.29, 0.717) is 30.3 Å². The van der Waals surface area contributed by atoms with E-state index in [1.54, 1.807) is 0 Å². The van der Waals surface area contributed by atoms with Gasteiger partial charge in [0.25, 0.3) is 0 Å². The van der Waals surface area contributed by atoms with E-state index in [9.17, 15) is 10.1 Å². The minimum atomic E-state index is -0.0400. The van der Waals surface area contributed by atoms with Gasteiger partial charge in [0, 0.05) is 26.2 Å². The van der Waals surface area contributed by atoms with Crippen LogP contribution in [-0.2, 0) is 27.1 Å². The highest BCUT2D eigenvalue weighted by atomic mass is 32.2. The molecular weight excluding hydrogens is 388 g/mol. The summed E-state index contributed by atoms with van der Waals surface area (Å²) in [5.74, 6) is 1.21. The number of amides is 1. The van der Waals surface area contributed by atoms with Gasteiger partial charge < -0.3 is 19.7 Å².